The second-order valence-electron chi connectivity index (χ2n) is 10.9. The molecule has 0 aromatic heterocycles. The van der Waals surface area contributed by atoms with Gasteiger partial charge in [-0.2, -0.15) is 0 Å². The quantitative estimate of drug-likeness (QED) is 0.399. The molecule has 1 aromatic rings. The van der Waals surface area contributed by atoms with Crippen molar-refractivity contribution in [3.05, 3.63) is 35.9 Å². The van der Waals surface area contributed by atoms with Gasteiger partial charge in [0.25, 0.3) is 0 Å². The van der Waals surface area contributed by atoms with Gasteiger partial charge in [0.2, 0.25) is 11.8 Å². The lowest BCUT2D eigenvalue weighted by Gasteiger charge is -2.45. The molecule has 3 aliphatic rings. The normalized spacial score (nSPS) is 33.0. The van der Waals surface area contributed by atoms with Gasteiger partial charge in [0.15, 0.2) is 0 Å². The number of rotatable bonds is 9. The van der Waals surface area contributed by atoms with Gasteiger partial charge in [0.1, 0.15) is 6.61 Å². The highest BCUT2D eigenvalue weighted by molar-refractivity contribution is 6.06. The van der Waals surface area contributed by atoms with Crippen LogP contribution in [-0.2, 0) is 25.8 Å². The predicted octanol–water partition coefficient (Wildman–Crippen LogP) is 3.01. The molecular weight excluding hydrogens is 460 g/mol. The van der Waals surface area contributed by atoms with Crippen LogP contribution in [-0.4, -0.2) is 64.1 Å². The number of carbonyl (C=O) groups is 2. The molecule has 0 unspecified atom stereocenters. The maximum absolute atomic E-state index is 13.0. The molecular formula is C28H40N2O6. The Morgan fingerprint density at radius 3 is 2.42 bits per heavy atom. The molecule has 1 heterocycles. The van der Waals surface area contributed by atoms with Gasteiger partial charge in [-0.15, -0.1) is 0 Å². The van der Waals surface area contributed by atoms with Crippen LogP contribution in [0.2, 0.25) is 0 Å². The molecule has 198 valence electrons. The number of nitrogens with zero attached hydrogens (tertiary/aromatic N) is 2. The highest BCUT2D eigenvalue weighted by Gasteiger charge is 2.59. The molecule has 36 heavy (non-hydrogen) atoms. The van der Waals surface area contributed by atoms with Crippen molar-refractivity contribution in [2.24, 2.45) is 40.7 Å². The molecule has 0 radical (unpaired) electrons. The van der Waals surface area contributed by atoms with Gasteiger partial charge in [-0.1, -0.05) is 56.3 Å². The number of hydrogen-bond acceptors (Lipinski definition) is 7. The summed E-state index contributed by atoms with van der Waals surface area (Å²) in [7, 11) is 0. The van der Waals surface area contributed by atoms with Crippen LogP contribution in [0.5, 0.6) is 0 Å². The van der Waals surface area contributed by atoms with Crippen LogP contribution in [0.3, 0.4) is 0 Å². The molecule has 2 aliphatic carbocycles. The van der Waals surface area contributed by atoms with Gasteiger partial charge in [-0.05, 0) is 31.2 Å². The zero-order valence-electron chi connectivity index (χ0n) is 21.7. The Hall–Kier alpha value is -2.29. The van der Waals surface area contributed by atoms with Crippen molar-refractivity contribution in [1.29, 1.82) is 0 Å². The fourth-order valence-corrected chi connectivity index (χ4v) is 6.46. The maximum atomic E-state index is 13.0. The number of aliphatic hydroxyl groups is 2. The Labute approximate surface area is 213 Å². The first-order valence-corrected chi connectivity index (χ1v) is 13.3. The molecule has 3 fully saturated rings. The number of oxime groups is 1. The van der Waals surface area contributed by atoms with E-state index in [1.165, 1.54) is 4.90 Å². The highest BCUT2D eigenvalue weighted by atomic mass is 16.6. The third kappa shape index (κ3) is 5.22. The fourth-order valence-electron chi connectivity index (χ4n) is 6.46. The van der Waals surface area contributed by atoms with Crippen LogP contribution in [0.1, 0.15) is 52.5 Å². The van der Waals surface area contributed by atoms with Crippen LogP contribution in [0.4, 0.5) is 0 Å². The first-order valence-electron chi connectivity index (χ1n) is 13.3. The fraction of sp³-hybridized carbons (Fsp3) is 0.679. The van der Waals surface area contributed by atoms with Crippen LogP contribution in [0.15, 0.2) is 35.5 Å². The number of hydrogen-bond donors (Lipinski definition) is 2. The number of amides is 2. The van der Waals surface area contributed by atoms with Crippen LogP contribution >= 0.6 is 0 Å². The molecule has 1 saturated heterocycles. The van der Waals surface area contributed by atoms with Crippen molar-refractivity contribution < 1.29 is 29.4 Å². The number of fused-ring (bicyclic) bond motifs is 3. The van der Waals surface area contributed by atoms with E-state index in [9.17, 15) is 19.8 Å². The lowest BCUT2D eigenvalue weighted by atomic mass is 9.60. The summed E-state index contributed by atoms with van der Waals surface area (Å²) in [6, 6.07) is 10.1. The average Bonchev–Trinajstić information content (AvgIpc) is 3.11. The lowest BCUT2D eigenvalue weighted by molar-refractivity contribution is -0.141. The summed E-state index contributed by atoms with van der Waals surface area (Å²) in [5.41, 5.74) is 1.79. The van der Waals surface area contributed by atoms with Gasteiger partial charge in [-0.3, -0.25) is 14.5 Å². The standard InChI is InChI=1S/C28H40N2O6/c1-5-30-27(33)20-12-11-19-21(13-22(31)25(32)23(19)24(20)28(30)34)29-36-14-17(4)26(16(2)3)35-15-18-9-7-6-8-10-18/h6-10,16-17,19-20,22-26,31-32H,5,11-15H2,1-4H3/t17-,19+,20-,22-,23+,24+,25-,26-/m1/s1. The summed E-state index contributed by atoms with van der Waals surface area (Å²) in [4.78, 5) is 32.9. The minimum atomic E-state index is -1.06. The summed E-state index contributed by atoms with van der Waals surface area (Å²) < 4.78 is 6.23. The van der Waals surface area contributed by atoms with Gasteiger partial charge in [0, 0.05) is 30.7 Å². The Balaban J connectivity index is 1.42. The summed E-state index contributed by atoms with van der Waals surface area (Å²) in [5, 5.41) is 25.9. The zero-order chi connectivity index (χ0) is 26.0. The number of likely N-dealkylation sites (tertiary alicyclic amines) is 1. The molecule has 2 amide bonds. The summed E-state index contributed by atoms with van der Waals surface area (Å²) in [6.45, 7) is 9.31. The molecule has 0 spiro atoms. The lowest BCUT2D eigenvalue weighted by Crippen LogP contribution is -2.54. The monoisotopic (exact) mass is 500 g/mol. The molecule has 1 aromatic carbocycles. The number of benzene rings is 1. The molecule has 4 rings (SSSR count). The molecule has 8 heteroatoms. The molecule has 2 N–H and O–H groups in total. The highest BCUT2D eigenvalue weighted by Crippen LogP contribution is 2.49. The van der Waals surface area contributed by atoms with E-state index in [2.05, 4.69) is 25.9 Å². The molecule has 1 aliphatic heterocycles. The third-order valence-electron chi connectivity index (χ3n) is 8.21. The van der Waals surface area contributed by atoms with E-state index < -0.39 is 30.0 Å². The maximum Gasteiger partial charge on any atom is 0.233 e. The minimum Gasteiger partial charge on any atom is -0.395 e. The predicted molar refractivity (Wildman–Crippen MR) is 135 cm³/mol. The molecule has 8 nitrogen and oxygen atoms in total. The molecule has 2 saturated carbocycles. The zero-order valence-corrected chi connectivity index (χ0v) is 21.7. The Morgan fingerprint density at radius 2 is 1.75 bits per heavy atom. The Bertz CT molecular complexity index is 951. The first-order chi connectivity index (χ1) is 17.2. The number of imide groups is 1. The van der Waals surface area contributed by atoms with Gasteiger partial charge in [0.05, 0.1) is 42.5 Å². The van der Waals surface area contributed by atoms with Crippen molar-refractivity contribution in [3.63, 3.8) is 0 Å². The second-order valence-corrected chi connectivity index (χ2v) is 10.9. The summed E-state index contributed by atoms with van der Waals surface area (Å²) in [5.74, 6) is -1.77. The third-order valence-corrected chi connectivity index (χ3v) is 8.21. The van der Waals surface area contributed by atoms with Crippen LogP contribution < -0.4 is 0 Å². The van der Waals surface area contributed by atoms with Crippen molar-refractivity contribution in [3.8, 4) is 0 Å². The summed E-state index contributed by atoms with van der Waals surface area (Å²) in [6.07, 6.45) is -0.709. The summed E-state index contributed by atoms with van der Waals surface area (Å²) >= 11 is 0. The first kappa shape index (κ1) is 26.8. The molecule has 0 bridgehead atoms. The SMILES string of the molecule is CCN1C(=O)[C@@H]2[C@H]3[C@H](O)[C@H](O)CC(=NOC[C@@H](C)[C@H](OCc4ccccc4)C(C)C)[C@@H]3CC[C@H]2C1=O. The second kappa shape index (κ2) is 11.4. The average molecular weight is 501 g/mol. The van der Waals surface area contributed by atoms with E-state index in [1.807, 2.05) is 30.3 Å². The van der Waals surface area contributed by atoms with Gasteiger partial charge >= 0.3 is 0 Å². The number of ether oxygens (including phenoxy) is 1. The van der Waals surface area contributed by atoms with E-state index >= 15 is 0 Å². The van der Waals surface area contributed by atoms with Gasteiger partial charge in [-0.25, -0.2) is 0 Å². The van der Waals surface area contributed by atoms with Crippen LogP contribution in [0, 0.1) is 35.5 Å². The van der Waals surface area contributed by atoms with Crippen molar-refractivity contribution in [2.45, 2.75) is 71.9 Å². The van der Waals surface area contributed by atoms with Crippen molar-refractivity contribution in [2.75, 3.05) is 13.2 Å². The number of aliphatic hydroxyl groups excluding tert-OH is 2. The Morgan fingerprint density at radius 1 is 1.06 bits per heavy atom. The van der Waals surface area contributed by atoms with E-state index in [1.54, 1.807) is 6.92 Å². The van der Waals surface area contributed by atoms with E-state index in [0.29, 0.717) is 44.2 Å². The van der Waals surface area contributed by atoms with E-state index in [4.69, 9.17) is 9.57 Å². The molecule has 8 atom stereocenters. The smallest absolute Gasteiger partial charge is 0.233 e. The number of carbonyl (C=O) groups excluding carboxylic acids is 2. The van der Waals surface area contributed by atoms with E-state index in [0.717, 1.165) is 5.56 Å². The van der Waals surface area contributed by atoms with E-state index in [-0.39, 0.29) is 36.2 Å². The topological polar surface area (TPSA) is 109 Å². The largest absolute Gasteiger partial charge is 0.395 e. The minimum absolute atomic E-state index is 0.0190. The Kier molecular flexibility index (Phi) is 8.48. The van der Waals surface area contributed by atoms with Crippen molar-refractivity contribution in [1.82, 2.24) is 4.90 Å². The van der Waals surface area contributed by atoms with Gasteiger partial charge < -0.3 is 19.8 Å². The van der Waals surface area contributed by atoms with Crippen LogP contribution in [0.25, 0.3) is 0 Å². The van der Waals surface area contributed by atoms with Crippen molar-refractivity contribution >= 4 is 17.5 Å².